The minimum Gasteiger partial charge on any atom is -0.373 e. The molecule has 0 amide bonds. The van der Waals surface area contributed by atoms with Gasteiger partial charge in [-0.2, -0.15) is 0 Å². The maximum Gasteiger partial charge on any atom is 0.162 e. The third-order valence-electron chi connectivity index (χ3n) is 5.78. The largest absolute Gasteiger partial charge is 0.373 e. The molecule has 136 valence electrons. The van der Waals surface area contributed by atoms with E-state index >= 15 is 0 Å². The van der Waals surface area contributed by atoms with Crippen LogP contribution >= 0.6 is 11.3 Å². The Morgan fingerprint density at radius 2 is 1.85 bits per heavy atom. The smallest absolute Gasteiger partial charge is 0.162 e. The predicted octanol–water partition coefficient (Wildman–Crippen LogP) is 6.52. The van der Waals surface area contributed by atoms with Crippen molar-refractivity contribution in [2.75, 3.05) is 5.32 Å². The number of thiophene rings is 1. The van der Waals surface area contributed by atoms with Gasteiger partial charge in [-0.1, -0.05) is 44.2 Å². The van der Waals surface area contributed by atoms with Crippen molar-refractivity contribution in [2.24, 2.45) is 5.41 Å². The predicted molar refractivity (Wildman–Crippen MR) is 114 cm³/mol. The van der Waals surface area contributed by atoms with E-state index in [1.165, 1.54) is 31.7 Å². The Labute approximate surface area is 163 Å². The first-order valence-electron chi connectivity index (χ1n) is 9.54. The topological polar surface area (TPSA) is 29.1 Å². The van der Waals surface area contributed by atoms with Gasteiger partial charge in [0.2, 0.25) is 0 Å². The molecule has 1 aliphatic carbocycles. The second-order valence-electron chi connectivity index (χ2n) is 8.57. The molecule has 3 aromatic rings. The lowest BCUT2D eigenvalue weighted by Gasteiger charge is -2.39. The standard InChI is InChI=1S/C24H23NOS/c1-14-8-11-20(27-14)23-22-17(12-24(2,3)13-19(22)26)21-16-7-5-4-6-15(16)9-10-18(21)25-23/h4-11,23,25H,12-13H2,1-3H3/t23-/m1/s1. The monoisotopic (exact) mass is 373 g/mol. The van der Waals surface area contributed by atoms with Gasteiger partial charge in [-0.3, -0.25) is 4.79 Å². The van der Waals surface area contributed by atoms with Gasteiger partial charge in [0.25, 0.3) is 0 Å². The van der Waals surface area contributed by atoms with Gasteiger partial charge < -0.3 is 5.32 Å². The fourth-order valence-corrected chi connectivity index (χ4v) is 5.60. The maximum absolute atomic E-state index is 13.3. The Balaban J connectivity index is 1.81. The molecule has 2 aliphatic rings. The first-order valence-corrected chi connectivity index (χ1v) is 10.4. The second kappa shape index (κ2) is 5.80. The van der Waals surface area contributed by atoms with E-state index in [-0.39, 0.29) is 11.5 Å². The van der Waals surface area contributed by atoms with Crippen LogP contribution in [0.15, 0.2) is 54.1 Å². The Bertz CT molecular complexity index is 1120. The molecular weight excluding hydrogens is 350 g/mol. The van der Waals surface area contributed by atoms with Crippen LogP contribution in [0.1, 0.15) is 48.0 Å². The summed E-state index contributed by atoms with van der Waals surface area (Å²) in [6, 6.07) is 17.1. The second-order valence-corrected chi connectivity index (χ2v) is 9.89. The van der Waals surface area contributed by atoms with E-state index in [0.29, 0.717) is 12.2 Å². The number of Topliss-reactive ketones (excluding diaryl/α,β-unsaturated/α-hetero) is 1. The lowest BCUT2D eigenvalue weighted by Crippen LogP contribution is -2.32. The average Bonchev–Trinajstić information content (AvgIpc) is 3.05. The van der Waals surface area contributed by atoms with E-state index < -0.39 is 0 Å². The first kappa shape index (κ1) is 16.8. The van der Waals surface area contributed by atoms with Crippen molar-refractivity contribution < 1.29 is 4.79 Å². The summed E-state index contributed by atoms with van der Waals surface area (Å²) < 4.78 is 0. The van der Waals surface area contributed by atoms with Crippen molar-refractivity contribution in [1.29, 1.82) is 0 Å². The Hall–Kier alpha value is -2.39. The molecule has 0 saturated heterocycles. The first-order chi connectivity index (χ1) is 12.9. The molecule has 27 heavy (non-hydrogen) atoms. The van der Waals surface area contributed by atoms with Gasteiger partial charge in [-0.05, 0) is 53.3 Å². The lowest BCUT2D eigenvalue weighted by atomic mass is 9.68. The summed E-state index contributed by atoms with van der Waals surface area (Å²) in [6.07, 6.45) is 1.56. The van der Waals surface area contributed by atoms with E-state index in [9.17, 15) is 4.79 Å². The third-order valence-corrected chi connectivity index (χ3v) is 6.85. The molecule has 2 nitrogen and oxygen atoms in total. The van der Waals surface area contributed by atoms with E-state index in [2.05, 4.69) is 74.6 Å². The number of hydrogen-bond donors (Lipinski definition) is 1. The van der Waals surface area contributed by atoms with E-state index in [1.807, 2.05) is 0 Å². The Morgan fingerprint density at radius 1 is 1.04 bits per heavy atom. The number of hydrogen-bond acceptors (Lipinski definition) is 3. The van der Waals surface area contributed by atoms with Gasteiger partial charge in [-0.15, -0.1) is 11.3 Å². The Kier molecular flexibility index (Phi) is 3.60. The van der Waals surface area contributed by atoms with Gasteiger partial charge >= 0.3 is 0 Å². The summed E-state index contributed by atoms with van der Waals surface area (Å²) in [5, 5.41) is 6.17. The molecule has 2 aromatic carbocycles. The molecule has 0 saturated carbocycles. The van der Waals surface area contributed by atoms with Crippen LogP contribution in [0.3, 0.4) is 0 Å². The molecule has 0 spiro atoms. The molecule has 1 aliphatic heterocycles. The molecule has 0 fully saturated rings. The van der Waals surface area contributed by atoms with E-state index in [4.69, 9.17) is 0 Å². The van der Waals surface area contributed by atoms with Crippen LogP contribution in [0, 0.1) is 12.3 Å². The molecule has 1 N–H and O–H groups in total. The highest BCUT2D eigenvalue weighted by atomic mass is 32.1. The van der Waals surface area contributed by atoms with Crippen molar-refractivity contribution in [3.05, 3.63) is 69.4 Å². The summed E-state index contributed by atoms with van der Waals surface area (Å²) in [5.74, 6) is 0.295. The zero-order chi connectivity index (χ0) is 18.8. The quantitative estimate of drug-likeness (QED) is 0.526. The van der Waals surface area contributed by atoms with Crippen molar-refractivity contribution in [3.63, 3.8) is 0 Å². The van der Waals surface area contributed by atoms with Crippen LogP contribution in [0.5, 0.6) is 0 Å². The lowest BCUT2D eigenvalue weighted by molar-refractivity contribution is -0.118. The number of anilines is 1. The van der Waals surface area contributed by atoms with E-state index in [1.54, 1.807) is 11.3 Å². The average molecular weight is 374 g/mol. The SMILES string of the molecule is Cc1ccc([C@H]2Nc3ccc4ccccc4c3C3=C2C(=O)CC(C)(C)C3)s1. The highest BCUT2D eigenvalue weighted by Gasteiger charge is 2.41. The number of rotatable bonds is 1. The highest BCUT2D eigenvalue weighted by Crippen LogP contribution is 2.52. The van der Waals surface area contributed by atoms with Crippen LogP contribution in [0.2, 0.25) is 0 Å². The summed E-state index contributed by atoms with van der Waals surface area (Å²) in [6.45, 7) is 6.55. The Morgan fingerprint density at radius 3 is 2.63 bits per heavy atom. The molecule has 1 aromatic heterocycles. The molecule has 0 radical (unpaired) electrons. The summed E-state index contributed by atoms with van der Waals surface area (Å²) >= 11 is 1.78. The van der Waals surface area contributed by atoms with Crippen molar-refractivity contribution in [2.45, 2.75) is 39.7 Å². The van der Waals surface area contributed by atoms with Gasteiger partial charge in [0.1, 0.15) is 0 Å². The number of fused-ring (bicyclic) bond motifs is 4. The normalized spacial score (nSPS) is 21.0. The minimum atomic E-state index is -0.0315. The number of carbonyl (C=O) groups excluding carboxylic acids is 1. The molecule has 0 unspecified atom stereocenters. The van der Waals surface area contributed by atoms with Gasteiger partial charge in [0, 0.05) is 33.0 Å². The van der Waals surface area contributed by atoms with Crippen LogP contribution < -0.4 is 5.32 Å². The van der Waals surface area contributed by atoms with Crippen molar-refractivity contribution in [1.82, 2.24) is 0 Å². The van der Waals surface area contributed by atoms with Crippen LogP contribution in [-0.2, 0) is 4.79 Å². The van der Waals surface area contributed by atoms with Gasteiger partial charge in [0.05, 0.1) is 6.04 Å². The summed E-state index contributed by atoms with van der Waals surface area (Å²) in [5.41, 5.74) is 4.61. The van der Waals surface area contributed by atoms with E-state index in [0.717, 1.165) is 17.7 Å². The van der Waals surface area contributed by atoms with Gasteiger partial charge in [-0.25, -0.2) is 0 Å². The number of benzene rings is 2. The number of aryl methyl sites for hydroxylation is 1. The third kappa shape index (κ3) is 2.64. The molecular formula is C24H23NOS. The van der Waals surface area contributed by atoms with Crippen molar-refractivity contribution in [3.8, 4) is 0 Å². The summed E-state index contributed by atoms with van der Waals surface area (Å²) in [4.78, 5) is 15.8. The highest BCUT2D eigenvalue weighted by molar-refractivity contribution is 7.12. The van der Waals surface area contributed by atoms with Crippen LogP contribution in [0.4, 0.5) is 5.69 Å². The van der Waals surface area contributed by atoms with Crippen molar-refractivity contribution >= 4 is 39.2 Å². The van der Waals surface area contributed by atoms with Crippen LogP contribution in [0.25, 0.3) is 16.3 Å². The number of ketones is 1. The number of carbonyl (C=O) groups is 1. The minimum absolute atomic E-state index is 0.00259. The molecule has 0 bridgehead atoms. The number of nitrogens with one attached hydrogen (secondary N) is 1. The maximum atomic E-state index is 13.3. The number of allylic oxidation sites excluding steroid dienone is 1. The van der Waals surface area contributed by atoms with Crippen LogP contribution in [-0.4, -0.2) is 5.78 Å². The molecule has 5 rings (SSSR count). The molecule has 3 heteroatoms. The fraction of sp³-hybridized carbons (Fsp3) is 0.292. The summed E-state index contributed by atoms with van der Waals surface area (Å²) in [7, 11) is 0. The molecule has 2 heterocycles. The van der Waals surface area contributed by atoms with Gasteiger partial charge in [0.15, 0.2) is 5.78 Å². The fourth-order valence-electron chi connectivity index (χ4n) is 4.66. The zero-order valence-corrected chi connectivity index (χ0v) is 16.7. The molecule has 1 atom stereocenters. The zero-order valence-electron chi connectivity index (χ0n) is 15.9.